The van der Waals surface area contributed by atoms with Crippen molar-refractivity contribution in [2.75, 3.05) is 26.6 Å². The summed E-state index contributed by atoms with van der Waals surface area (Å²) in [6.07, 6.45) is 0. The molecule has 9 nitrogen and oxygen atoms in total. The molecule has 0 radical (unpaired) electrons. The number of nitrogens with zero attached hydrogens (tertiary/aromatic N) is 4. The van der Waals surface area contributed by atoms with Gasteiger partial charge >= 0.3 is 0 Å². The minimum atomic E-state index is -1.96. The first-order valence-electron chi connectivity index (χ1n) is 11.9. The fourth-order valence-corrected chi connectivity index (χ4v) is 4.54. The van der Waals surface area contributed by atoms with E-state index in [4.69, 9.17) is 33.7 Å². The van der Waals surface area contributed by atoms with Crippen molar-refractivity contribution in [3.05, 3.63) is 47.8 Å². The molecule has 4 rings (SSSR count). The van der Waals surface area contributed by atoms with Crippen molar-refractivity contribution < 1.29 is 18.6 Å². The smallest absolute Gasteiger partial charge is 0.226 e. The van der Waals surface area contributed by atoms with Crippen LogP contribution in [-0.4, -0.2) is 49.2 Å². The second kappa shape index (κ2) is 9.94. The molecule has 2 heterocycles. The van der Waals surface area contributed by atoms with Crippen LogP contribution in [0.25, 0.3) is 16.6 Å². The number of methoxy groups -OCH3 is 3. The molecule has 0 atom stereocenters. The van der Waals surface area contributed by atoms with E-state index in [1.165, 1.54) is 0 Å². The number of hydrogen-bond donors (Lipinski definition) is 1. The summed E-state index contributed by atoms with van der Waals surface area (Å²) >= 11 is 0. The zero-order valence-electron chi connectivity index (χ0n) is 22.3. The number of fused-ring (bicyclic) bond motifs is 3. The lowest BCUT2D eigenvalue weighted by Gasteiger charge is -2.35. The first kappa shape index (κ1) is 25.7. The van der Waals surface area contributed by atoms with Crippen LogP contribution in [0.4, 0.5) is 5.95 Å². The monoisotopic (exact) mass is 509 g/mol. The lowest BCUT2D eigenvalue weighted by molar-refractivity contribution is 0.267. The highest BCUT2D eigenvalue weighted by Crippen LogP contribution is 2.37. The van der Waals surface area contributed by atoms with Crippen LogP contribution in [0.3, 0.4) is 0 Å². The summed E-state index contributed by atoms with van der Waals surface area (Å²) < 4.78 is 24.6. The zero-order chi connectivity index (χ0) is 26.1. The molecule has 10 heteroatoms. The number of para-hydroxylation sites is 1. The van der Waals surface area contributed by atoms with Gasteiger partial charge in [-0.3, -0.25) is 0 Å². The Morgan fingerprint density at radius 1 is 0.944 bits per heavy atom. The fraction of sp³-hybridized carbons (Fsp3) is 0.423. The lowest BCUT2D eigenvalue weighted by atomic mass is 10.2. The summed E-state index contributed by atoms with van der Waals surface area (Å²) in [5.74, 6) is 3.28. The molecule has 4 aromatic rings. The summed E-state index contributed by atoms with van der Waals surface area (Å²) in [5, 5.41) is 9.13. The second-order valence-corrected chi connectivity index (χ2v) is 14.9. The Balaban J connectivity index is 1.74. The van der Waals surface area contributed by atoms with Gasteiger partial charge in [0.25, 0.3) is 0 Å². The van der Waals surface area contributed by atoms with Crippen LogP contribution < -0.4 is 19.5 Å². The summed E-state index contributed by atoms with van der Waals surface area (Å²) in [6.45, 7) is 11.9. The molecule has 2 aromatic heterocycles. The van der Waals surface area contributed by atoms with E-state index in [0.29, 0.717) is 41.8 Å². The molecule has 0 fully saturated rings. The van der Waals surface area contributed by atoms with Crippen LogP contribution in [0.15, 0.2) is 36.4 Å². The Morgan fingerprint density at radius 3 is 2.36 bits per heavy atom. The summed E-state index contributed by atoms with van der Waals surface area (Å²) in [7, 11) is 2.95. The van der Waals surface area contributed by atoms with Crippen molar-refractivity contribution >= 4 is 30.8 Å². The van der Waals surface area contributed by atoms with E-state index in [-0.39, 0.29) is 5.04 Å². The predicted molar refractivity (Wildman–Crippen MR) is 144 cm³/mol. The minimum absolute atomic E-state index is 0.0952. The lowest BCUT2D eigenvalue weighted by Crippen LogP contribution is -2.40. The Morgan fingerprint density at radius 2 is 1.69 bits per heavy atom. The van der Waals surface area contributed by atoms with E-state index >= 15 is 0 Å². The number of anilines is 1. The van der Waals surface area contributed by atoms with Crippen molar-refractivity contribution in [3.63, 3.8) is 0 Å². The standard InChI is InChI=1S/C26H35N5O4Si/c1-26(2,3)36(7,8)35-16-22-28-24-19-10-9-11-20(33-5)23(19)29-25(31(24)30-22)27-15-17-12-13-18(32-4)14-21(17)34-6/h9-14H,15-16H2,1-8H3,(H,27,29). The molecule has 0 amide bonds. The Hall–Kier alpha value is -3.37. The highest BCUT2D eigenvalue weighted by atomic mass is 28.4. The number of ether oxygens (including phenoxy) is 3. The number of hydrogen-bond acceptors (Lipinski definition) is 8. The second-order valence-electron chi connectivity index (χ2n) is 10.1. The number of benzene rings is 2. The van der Waals surface area contributed by atoms with E-state index in [9.17, 15) is 0 Å². The molecule has 0 aliphatic carbocycles. The summed E-state index contributed by atoms with van der Waals surface area (Å²) in [5.41, 5.74) is 2.35. The Kier molecular flexibility index (Phi) is 7.10. The van der Waals surface area contributed by atoms with Crippen molar-refractivity contribution in [3.8, 4) is 17.2 Å². The van der Waals surface area contributed by atoms with Crippen molar-refractivity contribution in [2.24, 2.45) is 0 Å². The van der Waals surface area contributed by atoms with Crippen LogP contribution in [0.5, 0.6) is 17.2 Å². The Bertz CT molecular complexity index is 1380. The van der Waals surface area contributed by atoms with E-state index in [1.54, 1.807) is 25.8 Å². The predicted octanol–water partition coefficient (Wildman–Crippen LogP) is 5.44. The molecule has 0 unspecified atom stereocenters. The average Bonchev–Trinajstić information content (AvgIpc) is 3.29. The molecule has 0 spiro atoms. The topological polar surface area (TPSA) is 92.0 Å². The molecule has 2 aromatic carbocycles. The highest BCUT2D eigenvalue weighted by Gasteiger charge is 2.37. The van der Waals surface area contributed by atoms with Crippen LogP contribution >= 0.6 is 0 Å². The third-order valence-electron chi connectivity index (χ3n) is 6.83. The molecule has 0 saturated heterocycles. The van der Waals surface area contributed by atoms with Gasteiger partial charge in [-0.05, 0) is 42.4 Å². The largest absolute Gasteiger partial charge is 0.497 e. The van der Waals surface area contributed by atoms with Crippen LogP contribution in [0.1, 0.15) is 32.2 Å². The van der Waals surface area contributed by atoms with Gasteiger partial charge in [0.1, 0.15) is 22.8 Å². The number of nitrogens with one attached hydrogen (secondary N) is 1. The molecule has 36 heavy (non-hydrogen) atoms. The van der Waals surface area contributed by atoms with Crippen LogP contribution in [-0.2, 0) is 17.6 Å². The Labute approximate surface area is 212 Å². The van der Waals surface area contributed by atoms with Gasteiger partial charge in [-0.2, -0.15) is 4.52 Å². The molecule has 0 aliphatic rings. The maximum absolute atomic E-state index is 6.39. The van der Waals surface area contributed by atoms with Crippen LogP contribution in [0, 0.1) is 0 Å². The molecule has 0 saturated carbocycles. The molecular weight excluding hydrogens is 474 g/mol. The van der Waals surface area contributed by atoms with Gasteiger partial charge in [0.05, 0.1) is 27.9 Å². The highest BCUT2D eigenvalue weighted by molar-refractivity contribution is 6.74. The molecule has 192 valence electrons. The fourth-order valence-electron chi connectivity index (χ4n) is 3.62. The van der Waals surface area contributed by atoms with Gasteiger partial charge in [-0.15, -0.1) is 5.10 Å². The molecular formula is C26H35N5O4Si. The third kappa shape index (κ3) is 4.96. The van der Waals surface area contributed by atoms with Gasteiger partial charge in [0.15, 0.2) is 19.8 Å². The summed E-state index contributed by atoms with van der Waals surface area (Å²) in [6, 6.07) is 11.5. The van der Waals surface area contributed by atoms with Gasteiger partial charge in [0, 0.05) is 23.6 Å². The van der Waals surface area contributed by atoms with E-state index in [0.717, 1.165) is 22.4 Å². The van der Waals surface area contributed by atoms with Crippen LogP contribution in [0.2, 0.25) is 18.1 Å². The van der Waals surface area contributed by atoms with E-state index in [2.05, 4.69) is 39.2 Å². The first-order valence-corrected chi connectivity index (χ1v) is 14.8. The van der Waals surface area contributed by atoms with E-state index in [1.807, 2.05) is 36.4 Å². The number of rotatable bonds is 9. The minimum Gasteiger partial charge on any atom is -0.497 e. The van der Waals surface area contributed by atoms with Gasteiger partial charge in [-0.25, -0.2) is 9.97 Å². The quantitative estimate of drug-likeness (QED) is 0.298. The van der Waals surface area contributed by atoms with Gasteiger partial charge < -0.3 is 24.0 Å². The first-order chi connectivity index (χ1) is 17.1. The van der Waals surface area contributed by atoms with Gasteiger partial charge in [-0.1, -0.05) is 26.8 Å². The van der Waals surface area contributed by atoms with Gasteiger partial charge in [0.2, 0.25) is 5.95 Å². The maximum Gasteiger partial charge on any atom is 0.226 e. The molecule has 1 N–H and O–H groups in total. The van der Waals surface area contributed by atoms with Crippen molar-refractivity contribution in [1.82, 2.24) is 19.6 Å². The molecule has 0 bridgehead atoms. The normalized spacial score (nSPS) is 12.2. The maximum atomic E-state index is 6.39. The molecule has 0 aliphatic heterocycles. The van der Waals surface area contributed by atoms with Crippen molar-refractivity contribution in [2.45, 2.75) is 52.1 Å². The van der Waals surface area contributed by atoms with E-state index < -0.39 is 8.32 Å². The van der Waals surface area contributed by atoms with Crippen molar-refractivity contribution in [1.29, 1.82) is 0 Å². The summed E-state index contributed by atoms with van der Waals surface area (Å²) in [4.78, 5) is 9.71. The SMILES string of the molecule is COc1ccc(CNc2nc3c(OC)cccc3c3nc(CO[Si](C)(C)C(C)(C)C)nn23)c(OC)c1. The zero-order valence-corrected chi connectivity index (χ0v) is 23.3. The number of aromatic nitrogens is 4. The average molecular weight is 510 g/mol. The third-order valence-corrected chi connectivity index (χ3v) is 11.3.